The van der Waals surface area contributed by atoms with E-state index in [0.29, 0.717) is 18.9 Å². The van der Waals surface area contributed by atoms with Crippen LogP contribution in [0.2, 0.25) is 0 Å². The minimum absolute atomic E-state index is 0.628. The predicted molar refractivity (Wildman–Crippen MR) is 68.2 cm³/mol. The fourth-order valence-corrected chi connectivity index (χ4v) is 1.77. The molecular weight excluding hydrogens is 228 g/mol. The van der Waals surface area contributed by atoms with E-state index in [1.54, 1.807) is 0 Å². The van der Waals surface area contributed by atoms with E-state index in [-0.39, 0.29) is 0 Å². The van der Waals surface area contributed by atoms with Crippen LogP contribution in [0.5, 0.6) is 0 Å². The van der Waals surface area contributed by atoms with Crippen molar-refractivity contribution in [2.75, 3.05) is 11.9 Å². The summed E-state index contributed by atoms with van der Waals surface area (Å²) in [5, 5.41) is 7.93. The second kappa shape index (κ2) is 4.83. The first-order valence-corrected chi connectivity index (χ1v) is 5.77. The van der Waals surface area contributed by atoms with Gasteiger partial charge in [0, 0.05) is 18.4 Å². The van der Waals surface area contributed by atoms with Crippen LogP contribution in [0.15, 0.2) is 47.2 Å². The Hall–Kier alpha value is -2.43. The van der Waals surface area contributed by atoms with Crippen molar-refractivity contribution in [1.82, 2.24) is 15.1 Å². The van der Waals surface area contributed by atoms with Gasteiger partial charge >= 0.3 is 0 Å². The largest absolute Gasteiger partial charge is 0.370 e. The van der Waals surface area contributed by atoms with Gasteiger partial charge in [0.2, 0.25) is 5.89 Å². The van der Waals surface area contributed by atoms with Gasteiger partial charge in [0.05, 0.1) is 5.52 Å². The highest BCUT2D eigenvalue weighted by Gasteiger charge is 2.00. The van der Waals surface area contributed by atoms with Crippen LogP contribution in [0.3, 0.4) is 0 Å². The van der Waals surface area contributed by atoms with Crippen LogP contribution in [-0.4, -0.2) is 21.7 Å². The SMILES string of the molecule is c1ccc2nc(NCCc3ncno3)ccc2c1. The molecule has 2 heterocycles. The first-order valence-electron chi connectivity index (χ1n) is 5.77. The summed E-state index contributed by atoms with van der Waals surface area (Å²) in [6.45, 7) is 0.716. The summed E-state index contributed by atoms with van der Waals surface area (Å²) in [4.78, 5) is 8.48. The summed E-state index contributed by atoms with van der Waals surface area (Å²) in [7, 11) is 0. The van der Waals surface area contributed by atoms with E-state index in [1.807, 2.05) is 30.3 Å². The van der Waals surface area contributed by atoms with E-state index < -0.39 is 0 Å². The summed E-state index contributed by atoms with van der Waals surface area (Å²) in [5.41, 5.74) is 0.986. The van der Waals surface area contributed by atoms with Crippen molar-refractivity contribution in [2.24, 2.45) is 0 Å². The lowest BCUT2D eigenvalue weighted by atomic mass is 10.2. The maximum atomic E-state index is 4.92. The van der Waals surface area contributed by atoms with Gasteiger partial charge in [0.15, 0.2) is 6.33 Å². The smallest absolute Gasteiger partial charge is 0.228 e. The van der Waals surface area contributed by atoms with Gasteiger partial charge in [0.25, 0.3) is 0 Å². The molecule has 2 aromatic heterocycles. The molecule has 5 heteroatoms. The molecule has 0 aliphatic rings. The van der Waals surface area contributed by atoms with Gasteiger partial charge in [-0.25, -0.2) is 4.98 Å². The third-order valence-corrected chi connectivity index (χ3v) is 2.65. The van der Waals surface area contributed by atoms with Gasteiger partial charge in [-0.1, -0.05) is 23.4 Å². The normalized spacial score (nSPS) is 10.7. The maximum Gasteiger partial charge on any atom is 0.228 e. The molecule has 5 nitrogen and oxygen atoms in total. The van der Waals surface area contributed by atoms with Crippen LogP contribution in [-0.2, 0) is 6.42 Å². The van der Waals surface area contributed by atoms with E-state index in [1.165, 1.54) is 6.33 Å². The Morgan fingerprint density at radius 1 is 1.11 bits per heavy atom. The van der Waals surface area contributed by atoms with Gasteiger partial charge in [-0.2, -0.15) is 4.98 Å². The van der Waals surface area contributed by atoms with E-state index in [4.69, 9.17) is 4.52 Å². The van der Waals surface area contributed by atoms with Crippen LogP contribution in [0.1, 0.15) is 5.89 Å². The molecule has 3 aromatic rings. The number of benzene rings is 1. The number of nitrogens with one attached hydrogen (secondary N) is 1. The average Bonchev–Trinajstić information content (AvgIpc) is 2.92. The molecule has 0 aliphatic heterocycles. The Morgan fingerprint density at radius 2 is 2.06 bits per heavy atom. The zero-order valence-electron chi connectivity index (χ0n) is 9.71. The molecule has 0 saturated heterocycles. The highest BCUT2D eigenvalue weighted by Crippen LogP contribution is 2.14. The van der Waals surface area contributed by atoms with Crippen LogP contribution >= 0.6 is 0 Å². The van der Waals surface area contributed by atoms with E-state index in [9.17, 15) is 0 Å². The van der Waals surface area contributed by atoms with Crippen molar-refractivity contribution < 1.29 is 4.52 Å². The van der Waals surface area contributed by atoms with Gasteiger partial charge in [0.1, 0.15) is 5.82 Å². The monoisotopic (exact) mass is 240 g/mol. The van der Waals surface area contributed by atoms with Crippen molar-refractivity contribution in [3.8, 4) is 0 Å². The number of rotatable bonds is 4. The molecule has 0 bridgehead atoms. The molecule has 0 fully saturated rings. The number of para-hydroxylation sites is 1. The van der Waals surface area contributed by atoms with Crippen molar-refractivity contribution in [3.05, 3.63) is 48.6 Å². The average molecular weight is 240 g/mol. The van der Waals surface area contributed by atoms with Crippen LogP contribution in [0.25, 0.3) is 10.9 Å². The third kappa shape index (κ3) is 2.29. The van der Waals surface area contributed by atoms with Crippen LogP contribution < -0.4 is 5.32 Å². The van der Waals surface area contributed by atoms with E-state index >= 15 is 0 Å². The highest BCUT2D eigenvalue weighted by molar-refractivity contribution is 5.79. The van der Waals surface area contributed by atoms with Crippen molar-refractivity contribution in [2.45, 2.75) is 6.42 Å². The Bertz CT molecular complexity index is 636. The molecule has 0 amide bonds. The molecule has 0 spiro atoms. The van der Waals surface area contributed by atoms with Crippen LogP contribution in [0, 0.1) is 0 Å². The number of pyridine rings is 1. The molecule has 0 unspecified atom stereocenters. The second-order valence-electron chi connectivity index (χ2n) is 3.90. The standard InChI is InChI=1S/C13H12N4O/c1-2-4-11-10(3-1)5-6-12(17-11)14-8-7-13-15-9-16-18-13/h1-6,9H,7-8H2,(H,14,17). The zero-order chi connectivity index (χ0) is 12.2. The summed E-state index contributed by atoms with van der Waals surface area (Å²) in [6, 6.07) is 12.1. The lowest BCUT2D eigenvalue weighted by molar-refractivity contribution is 0.379. The molecule has 0 atom stereocenters. The van der Waals surface area contributed by atoms with E-state index in [0.717, 1.165) is 16.7 Å². The lowest BCUT2D eigenvalue weighted by Gasteiger charge is -2.04. The Labute approximate surface area is 104 Å². The van der Waals surface area contributed by atoms with Crippen molar-refractivity contribution >= 4 is 16.7 Å². The second-order valence-corrected chi connectivity index (χ2v) is 3.90. The quantitative estimate of drug-likeness (QED) is 0.757. The Kier molecular flexibility index (Phi) is 2.87. The van der Waals surface area contributed by atoms with Gasteiger partial charge < -0.3 is 9.84 Å². The Morgan fingerprint density at radius 3 is 2.94 bits per heavy atom. The van der Waals surface area contributed by atoms with Gasteiger partial charge in [-0.15, -0.1) is 0 Å². The summed E-state index contributed by atoms with van der Waals surface area (Å²) >= 11 is 0. The van der Waals surface area contributed by atoms with Crippen LogP contribution in [0.4, 0.5) is 5.82 Å². The minimum Gasteiger partial charge on any atom is -0.370 e. The molecule has 18 heavy (non-hydrogen) atoms. The topological polar surface area (TPSA) is 63.8 Å². The molecule has 3 rings (SSSR count). The van der Waals surface area contributed by atoms with Crippen molar-refractivity contribution in [1.29, 1.82) is 0 Å². The fraction of sp³-hybridized carbons (Fsp3) is 0.154. The zero-order valence-corrected chi connectivity index (χ0v) is 9.71. The summed E-state index contributed by atoms with van der Waals surface area (Å²) in [5.74, 6) is 1.48. The number of hydrogen-bond donors (Lipinski definition) is 1. The summed E-state index contributed by atoms with van der Waals surface area (Å²) < 4.78 is 4.92. The van der Waals surface area contributed by atoms with Gasteiger partial charge in [-0.3, -0.25) is 0 Å². The maximum absolute atomic E-state index is 4.92. The number of nitrogens with zero attached hydrogens (tertiary/aromatic N) is 3. The number of hydrogen-bond acceptors (Lipinski definition) is 5. The predicted octanol–water partition coefficient (Wildman–Crippen LogP) is 2.27. The number of anilines is 1. The molecule has 0 aliphatic carbocycles. The molecule has 0 radical (unpaired) electrons. The first kappa shape index (κ1) is 10.7. The minimum atomic E-state index is 0.628. The first-order chi connectivity index (χ1) is 8.92. The molecule has 1 aromatic carbocycles. The number of fused-ring (bicyclic) bond motifs is 1. The third-order valence-electron chi connectivity index (χ3n) is 2.65. The molecular formula is C13H12N4O. The molecule has 1 N–H and O–H groups in total. The van der Waals surface area contributed by atoms with E-state index in [2.05, 4.69) is 26.5 Å². The fourth-order valence-electron chi connectivity index (χ4n) is 1.77. The lowest BCUT2D eigenvalue weighted by Crippen LogP contribution is -2.06. The highest BCUT2D eigenvalue weighted by atomic mass is 16.5. The molecule has 0 saturated carbocycles. The van der Waals surface area contributed by atoms with Crippen molar-refractivity contribution in [3.63, 3.8) is 0 Å². The van der Waals surface area contributed by atoms with Gasteiger partial charge in [-0.05, 0) is 18.2 Å². The Balaban J connectivity index is 1.67. The summed E-state index contributed by atoms with van der Waals surface area (Å²) in [6.07, 6.45) is 2.10. The molecule has 90 valence electrons. The number of aromatic nitrogens is 3.